The van der Waals surface area contributed by atoms with Crippen molar-refractivity contribution in [3.05, 3.63) is 35.9 Å². The van der Waals surface area contributed by atoms with Crippen LogP contribution in [-0.4, -0.2) is 18.2 Å². The van der Waals surface area contributed by atoms with Crippen molar-refractivity contribution in [2.45, 2.75) is 50.8 Å². The van der Waals surface area contributed by atoms with Crippen molar-refractivity contribution in [3.63, 3.8) is 0 Å². The number of alkyl carbamates (subject to hydrolysis) is 1. The molecule has 0 heterocycles. The van der Waals surface area contributed by atoms with E-state index in [1.165, 1.54) is 0 Å². The molecular weight excluding hydrogens is 252 g/mol. The van der Waals surface area contributed by atoms with E-state index in [-0.39, 0.29) is 12.1 Å². The van der Waals surface area contributed by atoms with E-state index < -0.39 is 0 Å². The molecule has 0 saturated heterocycles. The number of rotatable bonds is 3. The van der Waals surface area contributed by atoms with Gasteiger partial charge in [0, 0.05) is 12.1 Å². The summed E-state index contributed by atoms with van der Waals surface area (Å²) in [5, 5.41) is 2.97. The van der Waals surface area contributed by atoms with Gasteiger partial charge in [-0.25, -0.2) is 4.79 Å². The third-order valence-electron chi connectivity index (χ3n) is 4.77. The second kappa shape index (κ2) is 5.44. The Morgan fingerprint density at radius 3 is 2.55 bits per heavy atom. The molecule has 2 fully saturated rings. The Morgan fingerprint density at radius 1 is 1.30 bits per heavy atom. The summed E-state index contributed by atoms with van der Waals surface area (Å²) in [5.41, 5.74) is 7.40. The number of amides is 1. The van der Waals surface area contributed by atoms with Gasteiger partial charge in [-0.3, -0.25) is 0 Å². The topological polar surface area (TPSA) is 64.3 Å². The van der Waals surface area contributed by atoms with Crippen molar-refractivity contribution in [1.82, 2.24) is 5.32 Å². The molecule has 0 aliphatic heterocycles. The number of hydrogen-bond donors (Lipinski definition) is 2. The summed E-state index contributed by atoms with van der Waals surface area (Å²) < 4.78 is 5.24. The molecular formula is C16H22N2O2. The molecule has 3 N–H and O–H groups in total. The van der Waals surface area contributed by atoms with Crippen LogP contribution < -0.4 is 11.1 Å². The Balaban J connectivity index is 1.39. The maximum absolute atomic E-state index is 11.8. The SMILES string of the molecule is NC1CC12CCC(NC(=O)OCc1ccccc1)CC2. The lowest BCUT2D eigenvalue weighted by Gasteiger charge is -2.29. The Morgan fingerprint density at radius 2 is 1.95 bits per heavy atom. The quantitative estimate of drug-likeness (QED) is 0.890. The zero-order valence-corrected chi connectivity index (χ0v) is 11.7. The van der Waals surface area contributed by atoms with Gasteiger partial charge in [-0.2, -0.15) is 0 Å². The van der Waals surface area contributed by atoms with Gasteiger partial charge >= 0.3 is 6.09 Å². The molecule has 20 heavy (non-hydrogen) atoms. The van der Waals surface area contributed by atoms with E-state index in [9.17, 15) is 4.79 Å². The van der Waals surface area contributed by atoms with Gasteiger partial charge in [-0.15, -0.1) is 0 Å². The average molecular weight is 274 g/mol. The molecule has 0 radical (unpaired) electrons. The van der Waals surface area contributed by atoms with Crippen molar-refractivity contribution in [2.24, 2.45) is 11.1 Å². The van der Waals surface area contributed by atoms with Crippen molar-refractivity contribution in [2.75, 3.05) is 0 Å². The summed E-state index contributed by atoms with van der Waals surface area (Å²) in [6, 6.07) is 10.4. The third kappa shape index (κ3) is 2.96. The Hall–Kier alpha value is -1.55. The van der Waals surface area contributed by atoms with Gasteiger partial charge in [0.05, 0.1) is 0 Å². The van der Waals surface area contributed by atoms with Crippen LogP contribution in [0.2, 0.25) is 0 Å². The summed E-state index contributed by atoms with van der Waals surface area (Å²) in [6.07, 6.45) is 5.17. The van der Waals surface area contributed by atoms with E-state index in [1.54, 1.807) is 0 Å². The number of nitrogens with two attached hydrogens (primary N) is 1. The highest BCUT2D eigenvalue weighted by atomic mass is 16.5. The minimum atomic E-state index is -0.310. The minimum absolute atomic E-state index is 0.247. The second-order valence-electron chi connectivity index (χ2n) is 6.15. The number of benzene rings is 1. The van der Waals surface area contributed by atoms with E-state index in [0.29, 0.717) is 18.1 Å². The van der Waals surface area contributed by atoms with Crippen LogP contribution in [0.5, 0.6) is 0 Å². The normalized spacial score (nSPS) is 31.9. The molecule has 0 aromatic heterocycles. The van der Waals surface area contributed by atoms with Crippen LogP contribution in [0.4, 0.5) is 4.79 Å². The van der Waals surface area contributed by atoms with E-state index in [2.05, 4.69) is 5.32 Å². The summed E-state index contributed by atoms with van der Waals surface area (Å²) in [6.45, 7) is 0.328. The molecule has 2 aliphatic carbocycles. The molecule has 1 aromatic rings. The lowest BCUT2D eigenvalue weighted by molar-refractivity contribution is 0.130. The van der Waals surface area contributed by atoms with Gasteiger partial charge in [0.1, 0.15) is 6.61 Å². The first kappa shape index (κ1) is 13.4. The van der Waals surface area contributed by atoms with Gasteiger partial charge in [-0.05, 0) is 43.1 Å². The molecule has 2 aliphatic rings. The largest absolute Gasteiger partial charge is 0.445 e. The zero-order chi connectivity index (χ0) is 14.0. The molecule has 1 spiro atoms. The number of ether oxygens (including phenoxy) is 1. The summed E-state index contributed by atoms with van der Waals surface area (Å²) in [4.78, 5) is 11.8. The van der Waals surface area contributed by atoms with E-state index >= 15 is 0 Å². The van der Waals surface area contributed by atoms with Crippen LogP contribution in [0.25, 0.3) is 0 Å². The Kier molecular flexibility index (Phi) is 3.66. The number of hydrogen-bond acceptors (Lipinski definition) is 3. The summed E-state index contributed by atoms with van der Waals surface area (Å²) in [5.74, 6) is 0. The molecule has 2 saturated carbocycles. The summed E-state index contributed by atoms with van der Waals surface area (Å²) >= 11 is 0. The standard InChI is InChI=1S/C16H22N2O2/c17-14-10-16(14)8-6-13(7-9-16)18-15(19)20-11-12-4-2-1-3-5-12/h1-5,13-14H,6-11,17H2,(H,18,19). The highest BCUT2D eigenvalue weighted by Crippen LogP contribution is 2.54. The van der Waals surface area contributed by atoms with Gasteiger partial charge in [0.15, 0.2) is 0 Å². The fraction of sp³-hybridized carbons (Fsp3) is 0.562. The van der Waals surface area contributed by atoms with Crippen molar-refractivity contribution >= 4 is 6.09 Å². The summed E-state index contributed by atoms with van der Waals surface area (Å²) in [7, 11) is 0. The van der Waals surface area contributed by atoms with Gasteiger partial charge < -0.3 is 15.8 Å². The average Bonchev–Trinajstić information content (AvgIpc) is 3.10. The Labute approximate surface area is 119 Å². The molecule has 1 unspecified atom stereocenters. The van der Waals surface area contributed by atoms with E-state index in [4.69, 9.17) is 10.5 Å². The van der Waals surface area contributed by atoms with Crippen LogP contribution in [0.3, 0.4) is 0 Å². The molecule has 3 rings (SSSR count). The van der Waals surface area contributed by atoms with Crippen LogP contribution in [0.15, 0.2) is 30.3 Å². The van der Waals surface area contributed by atoms with Crippen molar-refractivity contribution in [3.8, 4) is 0 Å². The maximum atomic E-state index is 11.8. The lowest BCUT2D eigenvalue weighted by Crippen LogP contribution is -2.39. The van der Waals surface area contributed by atoms with E-state index in [1.807, 2.05) is 30.3 Å². The third-order valence-corrected chi connectivity index (χ3v) is 4.77. The molecule has 0 bridgehead atoms. The monoisotopic (exact) mass is 274 g/mol. The lowest BCUT2D eigenvalue weighted by atomic mass is 9.83. The highest BCUT2D eigenvalue weighted by molar-refractivity contribution is 5.67. The maximum Gasteiger partial charge on any atom is 0.407 e. The van der Waals surface area contributed by atoms with Gasteiger partial charge in [0.25, 0.3) is 0 Å². The highest BCUT2D eigenvalue weighted by Gasteiger charge is 2.52. The van der Waals surface area contributed by atoms with Crippen LogP contribution >= 0.6 is 0 Å². The predicted molar refractivity (Wildman–Crippen MR) is 77.0 cm³/mol. The molecule has 4 nitrogen and oxygen atoms in total. The molecule has 108 valence electrons. The minimum Gasteiger partial charge on any atom is -0.445 e. The first-order chi connectivity index (χ1) is 9.68. The molecule has 1 atom stereocenters. The van der Waals surface area contributed by atoms with Gasteiger partial charge in [-0.1, -0.05) is 30.3 Å². The molecule has 4 heteroatoms. The molecule has 1 aromatic carbocycles. The van der Waals surface area contributed by atoms with Crippen LogP contribution in [0.1, 0.15) is 37.7 Å². The van der Waals surface area contributed by atoms with E-state index in [0.717, 1.165) is 37.7 Å². The fourth-order valence-electron chi connectivity index (χ4n) is 3.22. The predicted octanol–water partition coefficient (Wildman–Crippen LogP) is 2.57. The zero-order valence-electron chi connectivity index (χ0n) is 11.7. The Bertz CT molecular complexity index is 467. The fourth-order valence-corrected chi connectivity index (χ4v) is 3.22. The second-order valence-corrected chi connectivity index (χ2v) is 6.15. The number of carbonyl (C=O) groups is 1. The first-order valence-corrected chi connectivity index (χ1v) is 7.41. The van der Waals surface area contributed by atoms with Crippen LogP contribution in [0, 0.1) is 5.41 Å². The first-order valence-electron chi connectivity index (χ1n) is 7.41. The van der Waals surface area contributed by atoms with Gasteiger partial charge in [0.2, 0.25) is 0 Å². The number of nitrogens with one attached hydrogen (secondary N) is 1. The van der Waals surface area contributed by atoms with Crippen molar-refractivity contribution in [1.29, 1.82) is 0 Å². The molecule has 1 amide bonds. The smallest absolute Gasteiger partial charge is 0.407 e. The van der Waals surface area contributed by atoms with Crippen LogP contribution in [-0.2, 0) is 11.3 Å². The van der Waals surface area contributed by atoms with Crippen molar-refractivity contribution < 1.29 is 9.53 Å². The number of carbonyl (C=O) groups excluding carboxylic acids is 1.